The Morgan fingerprint density at radius 2 is 2.00 bits per heavy atom. The van der Waals surface area contributed by atoms with Gasteiger partial charge in [-0.25, -0.2) is 9.78 Å². The quantitative estimate of drug-likeness (QED) is 0.663. The van der Waals surface area contributed by atoms with Crippen molar-refractivity contribution in [2.24, 2.45) is 16.1 Å². The predicted octanol–water partition coefficient (Wildman–Crippen LogP) is 4.78. The highest BCUT2D eigenvalue weighted by Gasteiger charge is 2.32. The lowest BCUT2D eigenvalue weighted by Gasteiger charge is -2.29. The molecule has 0 radical (unpaired) electrons. The van der Waals surface area contributed by atoms with E-state index in [-0.39, 0.29) is 12.0 Å². The van der Waals surface area contributed by atoms with Crippen LogP contribution in [0.2, 0.25) is 0 Å². The van der Waals surface area contributed by atoms with Gasteiger partial charge in [-0.15, -0.1) is 0 Å². The van der Waals surface area contributed by atoms with Gasteiger partial charge in [0.05, 0.1) is 28.6 Å². The Balaban J connectivity index is 1.45. The highest BCUT2D eigenvalue weighted by atomic mass is 35.5. The topological polar surface area (TPSA) is 92.2 Å². The molecular weight excluding hydrogens is 466 g/mol. The van der Waals surface area contributed by atoms with E-state index in [1.165, 1.54) is 0 Å². The SMILES string of the molecule is CC(C)(C)OC(=O)N1CC=C(Cl)C=c2[nH]c3c(c21)CN=NC=3C1CCC(Oc2ccccn2)CC1. The Labute approximate surface area is 209 Å². The summed E-state index contributed by atoms with van der Waals surface area (Å²) >= 11 is 6.42. The minimum Gasteiger partial charge on any atom is -0.474 e. The monoisotopic (exact) mass is 495 g/mol. The molecule has 5 rings (SSSR count). The number of amides is 1. The van der Waals surface area contributed by atoms with Crippen molar-refractivity contribution in [3.63, 3.8) is 0 Å². The highest BCUT2D eigenvalue weighted by Crippen LogP contribution is 2.34. The molecule has 1 N–H and O–H groups in total. The molecule has 1 fully saturated rings. The van der Waals surface area contributed by atoms with Crippen LogP contribution in [-0.2, 0) is 11.3 Å². The Kier molecular flexibility index (Phi) is 6.40. The second-order valence-corrected chi connectivity index (χ2v) is 10.5. The van der Waals surface area contributed by atoms with Crippen LogP contribution in [0.5, 0.6) is 5.88 Å². The maximum atomic E-state index is 13.1. The molecule has 2 aromatic rings. The van der Waals surface area contributed by atoms with Crippen molar-refractivity contribution >= 4 is 35.2 Å². The Hall–Kier alpha value is -3.13. The van der Waals surface area contributed by atoms with Crippen molar-refractivity contribution in [3.05, 3.63) is 51.8 Å². The van der Waals surface area contributed by atoms with Crippen molar-refractivity contribution in [1.29, 1.82) is 0 Å². The zero-order valence-electron chi connectivity index (χ0n) is 20.3. The average molecular weight is 496 g/mol. The summed E-state index contributed by atoms with van der Waals surface area (Å²) in [7, 11) is 0. The predicted molar refractivity (Wildman–Crippen MR) is 135 cm³/mol. The van der Waals surface area contributed by atoms with Gasteiger partial charge in [0.2, 0.25) is 5.88 Å². The van der Waals surface area contributed by atoms with Gasteiger partial charge in [-0.1, -0.05) is 17.7 Å². The minimum atomic E-state index is -0.607. The first-order chi connectivity index (χ1) is 16.8. The van der Waals surface area contributed by atoms with Gasteiger partial charge in [0.15, 0.2) is 0 Å². The molecule has 1 amide bonds. The molecule has 9 heteroatoms. The number of halogens is 1. The molecule has 3 aliphatic rings. The maximum absolute atomic E-state index is 13.1. The summed E-state index contributed by atoms with van der Waals surface area (Å²) in [6.07, 6.45) is 8.86. The van der Waals surface area contributed by atoms with Gasteiger partial charge in [0.25, 0.3) is 0 Å². The lowest BCUT2D eigenvalue weighted by atomic mass is 9.84. The third-order valence-corrected chi connectivity index (χ3v) is 6.65. The summed E-state index contributed by atoms with van der Waals surface area (Å²) in [5.74, 6) is 0.920. The van der Waals surface area contributed by atoms with E-state index < -0.39 is 11.7 Å². The van der Waals surface area contributed by atoms with Crippen molar-refractivity contribution in [3.8, 4) is 5.88 Å². The van der Waals surface area contributed by atoms with Crippen molar-refractivity contribution in [1.82, 2.24) is 9.97 Å². The van der Waals surface area contributed by atoms with E-state index in [9.17, 15) is 4.79 Å². The smallest absolute Gasteiger partial charge is 0.415 e. The van der Waals surface area contributed by atoms with Crippen LogP contribution < -0.4 is 20.3 Å². The second-order valence-electron chi connectivity index (χ2n) is 10.1. The molecule has 0 aromatic carbocycles. The highest BCUT2D eigenvalue weighted by molar-refractivity contribution is 6.34. The fraction of sp³-hybridized carbons (Fsp3) is 0.462. The number of carbonyl (C=O) groups excluding carboxylic acids is 1. The van der Waals surface area contributed by atoms with Crippen molar-refractivity contribution in [2.75, 3.05) is 11.4 Å². The number of anilines is 1. The number of fused-ring (bicyclic) bond motifs is 3. The summed E-state index contributed by atoms with van der Waals surface area (Å²) in [5.41, 5.74) is 2.06. The molecule has 2 aromatic heterocycles. The molecule has 0 bridgehead atoms. The van der Waals surface area contributed by atoms with Crippen LogP contribution in [0.1, 0.15) is 52.0 Å². The number of hydrogen-bond acceptors (Lipinski definition) is 6. The van der Waals surface area contributed by atoms with Gasteiger partial charge in [0, 0.05) is 35.3 Å². The van der Waals surface area contributed by atoms with Crippen LogP contribution in [-0.4, -0.2) is 34.3 Å². The van der Waals surface area contributed by atoms with E-state index >= 15 is 0 Å². The fourth-order valence-electron chi connectivity index (χ4n) is 4.84. The molecule has 35 heavy (non-hydrogen) atoms. The first kappa shape index (κ1) is 23.6. The number of hydrogen-bond donors (Lipinski definition) is 1. The number of rotatable bonds is 3. The molecule has 8 nitrogen and oxygen atoms in total. The van der Waals surface area contributed by atoms with Gasteiger partial charge < -0.3 is 14.5 Å². The van der Waals surface area contributed by atoms with Crippen LogP contribution in [0.4, 0.5) is 10.5 Å². The average Bonchev–Trinajstić information content (AvgIpc) is 3.08. The number of pyridine rings is 1. The van der Waals surface area contributed by atoms with E-state index in [0.29, 0.717) is 24.0 Å². The number of H-pyrrole nitrogens is 1. The third-order valence-electron chi connectivity index (χ3n) is 6.39. The number of aromatic amines is 1. The molecule has 0 saturated heterocycles. The first-order valence-corrected chi connectivity index (χ1v) is 12.4. The largest absolute Gasteiger partial charge is 0.474 e. The van der Waals surface area contributed by atoms with E-state index in [4.69, 9.17) is 21.1 Å². The summed E-state index contributed by atoms with van der Waals surface area (Å²) in [6.45, 7) is 6.30. The summed E-state index contributed by atoms with van der Waals surface area (Å²) < 4.78 is 11.8. The Bertz CT molecular complexity index is 1280. The zero-order valence-corrected chi connectivity index (χ0v) is 21.0. The van der Waals surface area contributed by atoms with E-state index in [1.807, 2.05) is 51.1 Å². The van der Waals surface area contributed by atoms with Crippen LogP contribution in [0.15, 0.2) is 45.7 Å². The molecule has 0 unspecified atom stereocenters. The lowest BCUT2D eigenvalue weighted by molar-refractivity contribution is 0.0584. The number of aromatic nitrogens is 2. The zero-order chi connectivity index (χ0) is 24.6. The Morgan fingerprint density at radius 1 is 1.20 bits per heavy atom. The number of carbonyl (C=O) groups is 1. The van der Waals surface area contributed by atoms with Gasteiger partial charge in [-0.2, -0.15) is 10.2 Å². The van der Waals surface area contributed by atoms with Crippen LogP contribution >= 0.6 is 11.6 Å². The summed E-state index contributed by atoms with van der Waals surface area (Å²) in [5, 5.41) is 11.3. The van der Waals surface area contributed by atoms with E-state index in [2.05, 4.69) is 20.2 Å². The maximum Gasteiger partial charge on any atom is 0.415 e. The third kappa shape index (κ3) is 5.12. The number of allylic oxidation sites excluding steroid dienone is 1. The number of nitrogens with zero attached hydrogens (tertiary/aromatic N) is 4. The molecule has 0 spiro atoms. The normalized spacial score (nSPS) is 21.9. The molecule has 0 atom stereocenters. The van der Waals surface area contributed by atoms with E-state index in [0.717, 1.165) is 53.3 Å². The number of ether oxygens (including phenoxy) is 2. The lowest BCUT2D eigenvalue weighted by Crippen LogP contribution is -2.39. The minimum absolute atomic E-state index is 0.141. The van der Waals surface area contributed by atoms with E-state index in [1.54, 1.807) is 11.1 Å². The number of azo groups is 1. The van der Waals surface area contributed by atoms with Gasteiger partial charge in [0.1, 0.15) is 11.7 Å². The van der Waals surface area contributed by atoms with Crippen LogP contribution in [0.3, 0.4) is 0 Å². The van der Waals surface area contributed by atoms with Crippen molar-refractivity contribution < 1.29 is 14.3 Å². The summed E-state index contributed by atoms with van der Waals surface area (Å²) in [6, 6.07) is 5.71. The molecule has 4 heterocycles. The second kappa shape index (κ2) is 9.49. The van der Waals surface area contributed by atoms with Gasteiger partial charge in [-0.05, 0) is 64.7 Å². The number of nitrogens with one attached hydrogen (secondary N) is 1. The molecule has 2 aliphatic heterocycles. The molecule has 1 aliphatic carbocycles. The van der Waals surface area contributed by atoms with Gasteiger partial charge >= 0.3 is 6.09 Å². The molecule has 1 saturated carbocycles. The van der Waals surface area contributed by atoms with Crippen LogP contribution in [0.25, 0.3) is 11.8 Å². The first-order valence-electron chi connectivity index (χ1n) is 12.1. The van der Waals surface area contributed by atoms with Crippen molar-refractivity contribution in [2.45, 2.75) is 64.7 Å². The standard InChI is InChI=1S/C26H30ClN5O3/c1-26(2,3)35-25(33)32-13-11-17(27)14-20-24(32)19-15-29-31-22(23(19)30-20)16-7-9-18(10-8-16)34-21-6-4-5-12-28-21/h4-6,11-12,14,16,18,30H,7-10,13,15H2,1-3H3. The molecule has 184 valence electrons. The Morgan fingerprint density at radius 3 is 2.71 bits per heavy atom. The van der Waals surface area contributed by atoms with Crippen LogP contribution in [0, 0.1) is 5.92 Å². The molecular formula is C26H30ClN5O3. The fourth-order valence-corrected chi connectivity index (χ4v) is 5.02. The summed E-state index contributed by atoms with van der Waals surface area (Å²) in [4.78, 5) is 22.5. The van der Waals surface area contributed by atoms with Gasteiger partial charge in [-0.3, -0.25) is 4.90 Å².